The minimum atomic E-state index is 0.194. The second-order valence-electron chi connectivity index (χ2n) is 7.57. The van der Waals surface area contributed by atoms with Gasteiger partial charge in [0.2, 0.25) is 12.7 Å². The van der Waals surface area contributed by atoms with E-state index in [1.165, 1.54) is 5.56 Å². The van der Waals surface area contributed by atoms with E-state index in [-0.39, 0.29) is 5.91 Å². The first kappa shape index (κ1) is 20.3. The monoisotopic (exact) mass is 412 g/mol. The van der Waals surface area contributed by atoms with Crippen molar-refractivity contribution in [1.29, 1.82) is 0 Å². The van der Waals surface area contributed by atoms with Gasteiger partial charge in [-0.25, -0.2) is 0 Å². The first-order chi connectivity index (χ1) is 14.6. The first-order valence-electron chi connectivity index (χ1n) is 10.2. The number of hydrogen-bond donors (Lipinski definition) is 0. The van der Waals surface area contributed by atoms with Gasteiger partial charge in [-0.05, 0) is 41.8 Å². The van der Waals surface area contributed by atoms with Crippen LogP contribution in [-0.4, -0.2) is 62.9 Å². The average molecular weight is 412 g/mol. The number of benzene rings is 2. The van der Waals surface area contributed by atoms with Crippen molar-refractivity contribution in [2.45, 2.75) is 19.4 Å². The molecule has 0 atom stereocenters. The van der Waals surface area contributed by atoms with Gasteiger partial charge in [0.25, 0.3) is 0 Å². The largest absolute Gasteiger partial charge is 0.497 e. The Balaban J connectivity index is 1.25. The van der Waals surface area contributed by atoms with Crippen LogP contribution in [0, 0.1) is 0 Å². The lowest BCUT2D eigenvalue weighted by atomic mass is 10.1. The van der Waals surface area contributed by atoms with E-state index in [1.807, 2.05) is 35.2 Å². The maximum atomic E-state index is 12.7. The maximum absolute atomic E-state index is 12.7. The van der Waals surface area contributed by atoms with Crippen LogP contribution in [0.4, 0.5) is 0 Å². The quantitative estimate of drug-likeness (QED) is 0.697. The molecule has 7 nitrogen and oxygen atoms in total. The summed E-state index contributed by atoms with van der Waals surface area (Å²) in [4.78, 5) is 17.0. The van der Waals surface area contributed by atoms with E-state index in [9.17, 15) is 4.79 Å². The summed E-state index contributed by atoms with van der Waals surface area (Å²) in [7, 11) is 3.26. The van der Waals surface area contributed by atoms with Gasteiger partial charge < -0.3 is 23.8 Å². The zero-order valence-corrected chi connectivity index (χ0v) is 17.6. The fraction of sp³-hybridized carbons (Fsp3) is 0.435. The van der Waals surface area contributed by atoms with Gasteiger partial charge in [0.1, 0.15) is 11.5 Å². The van der Waals surface area contributed by atoms with Crippen LogP contribution in [0.5, 0.6) is 23.0 Å². The Hall–Kier alpha value is -2.93. The molecule has 2 aromatic carbocycles. The summed E-state index contributed by atoms with van der Waals surface area (Å²) in [5, 5.41) is 0. The maximum Gasteiger partial charge on any atom is 0.231 e. The fourth-order valence-electron chi connectivity index (χ4n) is 3.87. The minimum Gasteiger partial charge on any atom is -0.497 e. The van der Waals surface area contributed by atoms with Gasteiger partial charge in [-0.15, -0.1) is 0 Å². The third-order valence-corrected chi connectivity index (χ3v) is 5.61. The molecule has 0 bridgehead atoms. The summed E-state index contributed by atoms with van der Waals surface area (Å²) in [5.74, 6) is 3.31. The normalized spacial score (nSPS) is 15.9. The highest BCUT2D eigenvalue weighted by Crippen LogP contribution is 2.33. The average Bonchev–Trinajstić information content (AvgIpc) is 3.25. The summed E-state index contributed by atoms with van der Waals surface area (Å²) >= 11 is 0. The van der Waals surface area contributed by atoms with Crippen molar-refractivity contribution in [2.24, 2.45) is 0 Å². The molecule has 4 rings (SSSR count). The molecule has 0 aliphatic carbocycles. The van der Waals surface area contributed by atoms with E-state index in [2.05, 4.69) is 11.0 Å². The van der Waals surface area contributed by atoms with Crippen molar-refractivity contribution in [3.63, 3.8) is 0 Å². The number of hydrogen-bond acceptors (Lipinski definition) is 6. The Morgan fingerprint density at radius 2 is 1.60 bits per heavy atom. The molecule has 0 N–H and O–H groups in total. The Kier molecular flexibility index (Phi) is 6.28. The molecule has 0 unspecified atom stereocenters. The number of methoxy groups -OCH3 is 2. The van der Waals surface area contributed by atoms with Gasteiger partial charge in [0, 0.05) is 45.2 Å². The topological polar surface area (TPSA) is 60.5 Å². The second kappa shape index (κ2) is 9.26. The van der Waals surface area contributed by atoms with Crippen LogP contribution >= 0.6 is 0 Å². The van der Waals surface area contributed by atoms with Gasteiger partial charge in [-0.1, -0.05) is 6.07 Å². The van der Waals surface area contributed by atoms with Crippen molar-refractivity contribution in [1.82, 2.24) is 9.80 Å². The number of fused-ring (bicyclic) bond motifs is 1. The summed E-state index contributed by atoms with van der Waals surface area (Å²) in [5.41, 5.74) is 2.24. The molecule has 0 aromatic heterocycles. The Morgan fingerprint density at radius 3 is 2.30 bits per heavy atom. The number of nitrogens with zero attached hydrogens (tertiary/aromatic N) is 2. The third kappa shape index (κ3) is 4.79. The molecule has 7 heteroatoms. The Morgan fingerprint density at radius 1 is 0.900 bits per heavy atom. The highest BCUT2D eigenvalue weighted by Gasteiger charge is 2.22. The molecule has 2 heterocycles. The first-order valence-corrected chi connectivity index (χ1v) is 10.2. The Bertz CT molecular complexity index is 871. The number of rotatable bonds is 7. The van der Waals surface area contributed by atoms with Gasteiger partial charge in [0.05, 0.1) is 14.2 Å². The number of piperazine rings is 1. The van der Waals surface area contributed by atoms with Crippen LogP contribution < -0.4 is 18.9 Å². The molecule has 0 radical (unpaired) electrons. The third-order valence-electron chi connectivity index (χ3n) is 5.61. The standard InChI is InChI=1S/C23H28N2O5/c1-27-19-11-17(12-20(14-19)28-2)4-6-23(26)25-9-7-24(8-10-25)15-18-3-5-21-22(13-18)30-16-29-21/h3,5,11-14H,4,6-10,15-16H2,1-2H3. The van der Waals surface area contributed by atoms with Crippen LogP contribution in [-0.2, 0) is 17.8 Å². The van der Waals surface area contributed by atoms with Crippen molar-refractivity contribution in [3.05, 3.63) is 47.5 Å². The van der Waals surface area contributed by atoms with Crippen molar-refractivity contribution < 1.29 is 23.7 Å². The van der Waals surface area contributed by atoms with Crippen LogP contribution in [0.15, 0.2) is 36.4 Å². The van der Waals surface area contributed by atoms with Crippen molar-refractivity contribution >= 4 is 5.91 Å². The molecular formula is C23H28N2O5. The molecular weight excluding hydrogens is 384 g/mol. The molecule has 1 fully saturated rings. The highest BCUT2D eigenvalue weighted by atomic mass is 16.7. The lowest BCUT2D eigenvalue weighted by Gasteiger charge is -2.35. The molecule has 0 saturated carbocycles. The molecule has 2 aromatic rings. The van der Waals surface area contributed by atoms with E-state index in [0.29, 0.717) is 19.6 Å². The second-order valence-corrected chi connectivity index (χ2v) is 7.57. The summed E-state index contributed by atoms with van der Waals surface area (Å²) in [6.07, 6.45) is 1.16. The molecule has 160 valence electrons. The van der Waals surface area contributed by atoms with Crippen LogP contribution in [0.25, 0.3) is 0 Å². The van der Waals surface area contributed by atoms with E-state index in [1.54, 1.807) is 14.2 Å². The van der Waals surface area contributed by atoms with Gasteiger partial charge in [-0.2, -0.15) is 0 Å². The minimum absolute atomic E-state index is 0.194. The number of ether oxygens (including phenoxy) is 4. The van der Waals surface area contributed by atoms with E-state index in [4.69, 9.17) is 18.9 Å². The zero-order chi connectivity index (χ0) is 20.9. The summed E-state index contributed by atoms with van der Waals surface area (Å²) in [6, 6.07) is 11.8. The molecule has 30 heavy (non-hydrogen) atoms. The highest BCUT2D eigenvalue weighted by molar-refractivity contribution is 5.76. The van der Waals surface area contributed by atoms with Crippen molar-refractivity contribution in [2.75, 3.05) is 47.2 Å². The number of carbonyl (C=O) groups excluding carboxylic acids is 1. The summed E-state index contributed by atoms with van der Waals surface area (Å²) < 4.78 is 21.5. The number of carbonyl (C=O) groups is 1. The van der Waals surface area contributed by atoms with Crippen LogP contribution in [0.1, 0.15) is 17.5 Å². The van der Waals surface area contributed by atoms with E-state index in [0.717, 1.165) is 61.3 Å². The SMILES string of the molecule is COc1cc(CCC(=O)N2CCN(Cc3ccc4c(c3)OCO4)CC2)cc(OC)c1. The van der Waals surface area contributed by atoms with Crippen LogP contribution in [0.3, 0.4) is 0 Å². The lowest BCUT2D eigenvalue weighted by molar-refractivity contribution is -0.133. The number of aryl methyl sites for hydroxylation is 1. The van der Waals surface area contributed by atoms with Gasteiger partial charge in [0.15, 0.2) is 11.5 Å². The smallest absolute Gasteiger partial charge is 0.231 e. The lowest BCUT2D eigenvalue weighted by Crippen LogP contribution is -2.48. The fourth-order valence-corrected chi connectivity index (χ4v) is 3.87. The zero-order valence-electron chi connectivity index (χ0n) is 17.6. The molecule has 0 spiro atoms. The van der Waals surface area contributed by atoms with Gasteiger partial charge in [-0.3, -0.25) is 9.69 Å². The number of amides is 1. The molecule has 1 amide bonds. The Labute approximate surface area is 177 Å². The van der Waals surface area contributed by atoms with E-state index >= 15 is 0 Å². The summed E-state index contributed by atoms with van der Waals surface area (Å²) in [6.45, 7) is 4.39. The molecule has 2 aliphatic heterocycles. The predicted molar refractivity (Wildman–Crippen MR) is 112 cm³/mol. The van der Waals surface area contributed by atoms with Gasteiger partial charge >= 0.3 is 0 Å². The predicted octanol–water partition coefficient (Wildman–Crippen LogP) is 2.71. The molecule has 2 aliphatic rings. The van der Waals surface area contributed by atoms with E-state index < -0.39 is 0 Å². The molecule has 1 saturated heterocycles. The van der Waals surface area contributed by atoms with Crippen molar-refractivity contribution in [3.8, 4) is 23.0 Å². The van der Waals surface area contributed by atoms with Crippen LogP contribution in [0.2, 0.25) is 0 Å².